The monoisotopic (exact) mass is 198 g/mol. The lowest BCUT2D eigenvalue weighted by Crippen LogP contribution is -2.04. The van der Waals surface area contributed by atoms with E-state index in [1.165, 1.54) is 0 Å². The first-order valence-electron chi connectivity index (χ1n) is 3.80. The van der Waals surface area contributed by atoms with Crippen LogP contribution in [0.2, 0.25) is 0 Å². The van der Waals surface area contributed by atoms with Crippen LogP contribution in [0.5, 0.6) is 5.75 Å². The van der Waals surface area contributed by atoms with Gasteiger partial charge in [0.25, 0.3) is 0 Å². The van der Waals surface area contributed by atoms with Crippen molar-refractivity contribution in [1.82, 2.24) is 4.98 Å². The van der Waals surface area contributed by atoms with Crippen LogP contribution in [0, 0.1) is 0 Å². The molecule has 1 aromatic rings. The van der Waals surface area contributed by atoms with Crippen molar-refractivity contribution in [2.45, 2.75) is 0 Å². The molecular weight excluding hydrogens is 188 g/mol. The molecule has 0 atom stereocenters. The van der Waals surface area contributed by atoms with Crippen LogP contribution in [-0.4, -0.2) is 18.6 Å². The van der Waals surface area contributed by atoms with Gasteiger partial charge in [-0.05, 0) is 12.1 Å². The Morgan fingerprint density at radius 3 is 3.15 bits per heavy atom. The van der Waals surface area contributed by atoms with Gasteiger partial charge < -0.3 is 10.1 Å². The molecule has 1 rings (SSSR count). The fourth-order valence-corrected chi connectivity index (χ4v) is 0.934. The Bertz CT molecular complexity index is 301. The average molecular weight is 199 g/mol. The summed E-state index contributed by atoms with van der Waals surface area (Å²) in [4.78, 5) is 4.09. The third kappa shape index (κ3) is 2.95. The molecule has 1 heterocycles. The first-order valence-corrected chi connectivity index (χ1v) is 4.18. The van der Waals surface area contributed by atoms with Gasteiger partial charge in [0.1, 0.15) is 0 Å². The second-order valence-electron chi connectivity index (χ2n) is 2.43. The zero-order valence-electron chi connectivity index (χ0n) is 7.38. The lowest BCUT2D eigenvalue weighted by Gasteiger charge is -2.08. The maximum atomic E-state index is 5.60. The SMILES string of the molecule is C=C(Cl)CNc1ncccc1OC. The summed E-state index contributed by atoms with van der Waals surface area (Å²) in [5.74, 6) is 1.37. The molecular formula is C9H11ClN2O. The molecule has 0 aromatic carbocycles. The second kappa shape index (κ2) is 4.72. The van der Waals surface area contributed by atoms with E-state index in [9.17, 15) is 0 Å². The molecule has 4 heteroatoms. The molecule has 0 fully saturated rings. The largest absolute Gasteiger partial charge is 0.493 e. The number of aromatic nitrogens is 1. The van der Waals surface area contributed by atoms with Gasteiger partial charge in [-0.15, -0.1) is 0 Å². The highest BCUT2D eigenvalue weighted by Gasteiger charge is 2.01. The second-order valence-corrected chi connectivity index (χ2v) is 2.96. The van der Waals surface area contributed by atoms with Gasteiger partial charge in [0.15, 0.2) is 11.6 Å². The minimum absolute atomic E-state index is 0.481. The summed E-state index contributed by atoms with van der Waals surface area (Å²) in [5.41, 5.74) is 0. The minimum atomic E-state index is 0.481. The summed E-state index contributed by atoms with van der Waals surface area (Å²) in [6.45, 7) is 4.04. The molecule has 0 aliphatic heterocycles. The number of methoxy groups -OCH3 is 1. The topological polar surface area (TPSA) is 34.2 Å². The Kier molecular flexibility index (Phi) is 3.58. The van der Waals surface area contributed by atoms with Gasteiger partial charge in [0, 0.05) is 11.2 Å². The zero-order valence-corrected chi connectivity index (χ0v) is 8.14. The van der Waals surface area contributed by atoms with Crippen LogP contribution in [0.3, 0.4) is 0 Å². The fourth-order valence-electron chi connectivity index (χ4n) is 0.868. The first kappa shape index (κ1) is 9.86. The number of anilines is 1. The molecule has 0 aliphatic rings. The van der Waals surface area contributed by atoms with Crippen molar-refractivity contribution in [3.8, 4) is 5.75 Å². The van der Waals surface area contributed by atoms with Crippen LogP contribution >= 0.6 is 11.6 Å². The van der Waals surface area contributed by atoms with Gasteiger partial charge in [0.05, 0.1) is 13.7 Å². The van der Waals surface area contributed by atoms with Crippen molar-refractivity contribution in [1.29, 1.82) is 0 Å². The van der Waals surface area contributed by atoms with Gasteiger partial charge >= 0.3 is 0 Å². The summed E-state index contributed by atoms with van der Waals surface area (Å²) >= 11 is 5.60. The van der Waals surface area contributed by atoms with E-state index in [0.29, 0.717) is 23.1 Å². The zero-order chi connectivity index (χ0) is 9.68. The highest BCUT2D eigenvalue weighted by atomic mass is 35.5. The minimum Gasteiger partial charge on any atom is -0.493 e. The van der Waals surface area contributed by atoms with Crippen LogP contribution in [0.4, 0.5) is 5.82 Å². The summed E-state index contributed by atoms with van der Waals surface area (Å²) in [6, 6.07) is 3.63. The van der Waals surface area contributed by atoms with Crippen molar-refractivity contribution >= 4 is 17.4 Å². The van der Waals surface area contributed by atoms with Crippen molar-refractivity contribution in [3.05, 3.63) is 29.9 Å². The number of halogens is 1. The lowest BCUT2D eigenvalue weighted by molar-refractivity contribution is 0.415. The number of rotatable bonds is 4. The summed E-state index contributed by atoms with van der Waals surface area (Å²) in [7, 11) is 1.59. The van der Waals surface area contributed by atoms with Crippen molar-refractivity contribution in [2.75, 3.05) is 19.0 Å². The fraction of sp³-hybridized carbons (Fsp3) is 0.222. The Morgan fingerprint density at radius 1 is 1.77 bits per heavy atom. The van der Waals surface area contributed by atoms with Gasteiger partial charge in [-0.3, -0.25) is 0 Å². The van der Waals surface area contributed by atoms with Crippen LogP contribution in [0.25, 0.3) is 0 Å². The first-order chi connectivity index (χ1) is 6.24. The maximum absolute atomic E-state index is 5.60. The van der Waals surface area contributed by atoms with Crippen LogP contribution in [-0.2, 0) is 0 Å². The van der Waals surface area contributed by atoms with Gasteiger partial charge in [-0.1, -0.05) is 18.2 Å². The standard InChI is InChI=1S/C9H11ClN2O/c1-7(10)6-12-9-8(13-2)4-3-5-11-9/h3-5H,1,6H2,2H3,(H,11,12). The molecule has 0 aliphatic carbocycles. The number of ether oxygens (including phenoxy) is 1. The Morgan fingerprint density at radius 2 is 2.54 bits per heavy atom. The van der Waals surface area contributed by atoms with E-state index in [4.69, 9.17) is 16.3 Å². The number of hydrogen-bond donors (Lipinski definition) is 1. The van der Waals surface area contributed by atoms with E-state index in [2.05, 4.69) is 16.9 Å². The molecule has 3 nitrogen and oxygen atoms in total. The van der Waals surface area contributed by atoms with Crippen molar-refractivity contribution < 1.29 is 4.74 Å². The van der Waals surface area contributed by atoms with E-state index in [1.54, 1.807) is 19.4 Å². The summed E-state index contributed by atoms with van der Waals surface area (Å²) < 4.78 is 5.08. The van der Waals surface area contributed by atoms with Gasteiger partial charge in [-0.2, -0.15) is 0 Å². The molecule has 0 saturated heterocycles. The molecule has 0 radical (unpaired) electrons. The summed E-state index contributed by atoms with van der Waals surface area (Å²) in [6.07, 6.45) is 1.68. The van der Waals surface area contributed by atoms with E-state index >= 15 is 0 Å². The molecule has 70 valence electrons. The molecule has 0 saturated carbocycles. The molecule has 0 unspecified atom stereocenters. The predicted molar refractivity (Wildman–Crippen MR) is 54.3 cm³/mol. The van der Waals surface area contributed by atoms with E-state index in [-0.39, 0.29) is 0 Å². The van der Waals surface area contributed by atoms with E-state index in [1.807, 2.05) is 6.07 Å². The normalized spacial score (nSPS) is 9.38. The predicted octanol–water partition coefficient (Wildman–Crippen LogP) is 2.25. The third-order valence-corrected chi connectivity index (χ3v) is 1.57. The molecule has 0 amide bonds. The lowest BCUT2D eigenvalue weighted by atomic mass is 10.4. The quantitative estimate of drug-likeness (QED) is 0.806. The van der Waals surface area contributed by atoms with E-state index in [0.717, 1.165) is 0 Å². The third-order valence-electron chi connectivity index (χ3n) is 1.44. The van der Waals surface area contributed by atoms with Gasteiger partial charge in [-0.25, -0.2) is 4.98 Å². The highest BCUT2D eigenvalue weighted by molar-refractivity contribution is 6.29. The Labute approximate surface area is 82.4 Å². The average Bonchev–Trinajstić information content (AvgIpc) is 2.15. The number of nitrogens with one attached hydrogen (secondary N) is 1. The van der Waals surface area contributed by atoms with Crippen LogP contribution in [0.15, 0.2) is 29.9 Å². The Hall–Kier alpha value is -1.22. The smallest absolute Gasteiger partial charge is 0.169 e. The molecule has 13 heavy (non-hydrogen) atoms. The van der Waals surface area contributed by atoms with Crippen LogP contribution in [0.1, 0.15) is 0 Å². The van der Waals surface area contributed by atoms with E-state index < -0.39 is 0 Å². The Balaban J connectivity index is 2.69. The maximum Gasteiger partial charge on any atom is 0.169 e. The van der Waals surface area contributed by atoms with Crippen molar-refractivity contribution in [2.24, 2.45) is 0 Å². The number of pyridine rings is 1. The highest BCUT2D eigenvalue weighted by Crippen LogP contribution is 2.20. The summed E-state index contributed by atoms with van der Waals surface area (Å²) in [5, 5.41) is 3.53. The number of nitrogens with zero attached hydrogens (tertiary/aromatic N) is 1. The number of hydrogen-bond acceptors (Lipinski definition) is 3. The van der Waals surface area contributed by atoms with Gasteiger partial charge in [0.2, 0.25) is 0 Å². The van der Waals surface area contributed by atoms with Crippen LogP contribution < -0.4 is 10.1 Å². The molecule has 1 N–H and O–H groups in total. The molecule has 0 spiro atoms. The molecule has 0 bridgehead atoms. The van der Waals surface area contributed by atoms with Crippen molar-refractivity contribution in [3.63, 3.8) is 0 Å². The molecule has 1 aromatic heterocycles.